The number of pyridine rings is 1. The van der Waals surface area contributed by atoms with E-state index in [1.54, 1.807) is 13.0 Å². The smallest absolute Gasteiger partial charge is 0.159 e. The second kappa shape index (κ2) is 10.7. The van der Waals surface area contributed by atoms with Crippen LogP contribution in [-0.2, 0) is 11.2 Å². The van der Waals surface area contributed by atoms with Crippen molar-refractivity contribution in [1.82, 2.24) is 9.88 Å². The van der Waals surface area contributed by atoms with Crippen LogP contribution >= 0.6 is 0 Å². The van der Waals surface area contributed by atoms with Gasteiger partial charge in [-0.25, -0.2) is 4.39 Å². The van der Waals surface area contributed by atoms with Crippen molar-refractivity contribution in [1.29, 1.82) is 5.26 Å². The summed E-state index contributed by atoms with van der Waals surface area (Å²) in [6.07, 6.45) is 1.45. The molecule has 170 valence electrons. The molecule has 7 heteroatoms. The Labute approximate surface area is 206 Å². The van der Waals surface area contributed by atoms with Gasteiger partial charge >= 0.3 is 0 Å². The van der Waals surface area contributed by atoms with Crippen molar-refractivity contribution < 1.29 is 26.3 Å². The van der Waals surface area contributed by atoms with Crippen molar-refractivity contribution in [3.05, 3.63) is 71.0 Å². The van der Waals surface area contributed by atoms with Gasteiger partial charge in [0, 0.05) is 45.9 Å². The molecule has 1 N–H and O–H groups in total. The topological polar surface area (TPSA) is 78.2 Å². The number of fused-ring (bicyclic) bond motifs is 1. The van der Waals surface area contributed by atoms with E-state index in [0.717, 1.165) is 11.0 Å². The fraction of sp³-hybridized carbons (Fsp3) is 0.269. The van der Waals surface area contributed by atoms with E-state index in [0.29, 0.717) is 0 Å². The number of benzene rings is 2. The third-order valence-electron chi connectivity index (χ3n) is 4.42. The number of anilines is 2. The standard InChI is InChI=1S/C26H27FN4O2/c1-5-33-25-14-24-22(13-18(25)12-21(32)7-6-10-31(3)4)26(19(15-28)16-29-24)30-20-8-9-23(27)17(2)11-20/h6-9,11,13-14,16H,5,10,12H2,1-4H3,(H,29,30)/b7-6+/i3D3,8D,9D,11D,13D,14D,16D. The van der Waals surface area contributed by atoms with Crippen LogP contribution in [-0.4, -0.2) is 42.8 Å². The van der Waals surface area contributed by atoms with Crippen LogP contribution in [0.25, 0.3) is 10.9 Å². The van der Waals surface area contributed by atoms with E-state index in [9.17, 15) is 14.4 Å². The zero-order valence-electron chi connectivity index (χ0n) is 27.3. The minimum absolute atomic E-state index is 0.0479. The minimum atomic E-state index is -2.37. The Bertz CT molecular complexity index is 1620. The first-order chi connectivity index (χ1) is 19.6. The molecular formula is C26H27FN4O2. The molecule has 0 atom stereocenters. The molecule has 0 aliphatic carbocycles. The van der Waals surface area contributed by atoms with Crippen molar-refractivity contribution in [2.24, 2.45) is 0 Å². The number of likely N-dealkylation sites (N-methyl/N-ethyl adjacent to an activating group) is 1. The average molecular weight is 456 g/mol. The fourth-order valence-electron chi connectivity index (χ4n) is 2.92. The zero-order chi connectivity index (χ0) is 31.7. The fourth-order valence-corrected chi connectivity index (χ4v) is 2.92. The Balaban J connectivity index is 2.28. The Morgan fingerprint density at radius 3 is 2.97 bits per heavy atom. The lowest BCUT2D eigenvalue weighted by atomic mass is 10.0. The average Bonchev–Trinajstić information content (AvgIpc) is 2.92. The molecule has 0 bridgehead atoms. The summed E-state index contributed by atoms with van der Waals surface area (Å²) >= 11 is 0. The lowest BCUT2D eigenvalue weighted by Crippen LogP contribution is -2.11. The van der Waals surface area contributed by atoms with Gasteiger partial charge in [0.25, 0.3) is 0 Å². The van der Waals surface area contributed by atoms with Gasteiger partial charge < -0.3 is 15.0 Å². The highest BCUT2D eigenvalue weighted by Crippen LogP contribution is 2.34. The van der Waals surface area contributed by atoms with Gasteiger partial charge in [0.15, 0.2) is 5.78 Å². The van der Waals surface area contributed by atoms with Crippen molar-refractivity contribution in [3.63, 3.8) is 0 Å². The SMILES string of the molecule is [2H]c1nc2c([2H])c(OCC)c(CC(=O)/C=C/CN(C)C([2H])([2H])[2H])c([2H])c2c(Nc2c([2H])c([2H])c(F)c(C)c2[2H])c1C#N. The quantitative estimate of drug-likeness (QED) is 0.461. The first-order valence-corrected chi connectivity index (χ1v) is 9.99. The number of carbonyl (C=O) groups is 1. The van der Waals surface area contributed by atoms with E-state index >= 15 is 0 Å². The van der Waals surface area contributed by atoms with Crippen LogP contribution in [0.15, 0.2) is 48.5 Å². The highest BCUT2D eigenvalue weighted by atomic mass is 19.1. The second-order valence-corrected chi connectivity index (χ2v) is 7.04. The molecular weight excluding hydrogens is 419 g/mol. The predicted octanol–water partition coefficient (Wildman–Crippen LogP) is 4.93. The van der Waals surface area contributed by atoms with Gasteiger partial charge in [-0.15, -0.1) is 0 Å². The number of nitrogens with zero attached hydrogens (tertiary/aromatic N) is 3. The number of halogens is 1. The molecule has 1 heterocycles. The van der Waals surface area contributed by atoms with Gasteiger partial charge in [-0.1, -0.05) is 6.08 Å². The van der Waals surface area contributed by atoms with Gasteiger partial charge in [-0.05, 0) is 63.7 Å². The van der Waals surface area contributed by atoms with Crippen LogP contribution in [0.1, 0.15) is 36.0 Å². The van der Waals surface area contributed by atoms with Crippen LogP contribution in [0.3, 0.4) is 0 Å². The summed E-state index contributed by atoms with van der Waals surface area (Å²) in [7, 11) is 1.36. The number of allylic oxidation sites excluding steroid dienone is 1. The second-order valence-electron chi connectivity index (χ2n) is 7.04. The molecule has 0 unspecified atom stereocenters. The number of hydrogen-bond acceptors (Lipinski definition) is 6. The molecule has 0 aliphatic heterocycles. The Morgan fingerprint density at radius 1 is 1.42 bits per heavy atom. The third-order valence-corrected chi connectivity index (χ3v) is 4.42. The molecule has 0 spiro atoms. The summed E-state index contributed by atoms with van der Waals surface area (Å²) in [4.78, 5) is 18.0. The number of ether oxygens (including phenoxy) is 1. The lowest BCUT2D eigenvalue weighted by molar-refractivity contribution is -0.114. The van der Waals surface area contributed by atoms with Crippen LogP contribution in [0.2, 0.25) is 0 Å². The maximum absolute atomic E-state index is 14.3. The third kappa shape index (κ3) is 5.93. The monoisotopic (exact) mass is 455 g/mol. The zero-order valence-corrected chi connectivity index (χ0v) is 18.3. The molecule has 0 aliphatic rings. The van der Waals surface area contributed by atoms with Gasteiger partial charge in [-0.3, -0.25) is 9.78 Å². The van der Waals surface area contributed by atoms with Crippen LogP contribution in [0.5, 0.6) is 5.75 Å². The summed E-state index contributed by atoms with van der Waals surface area (Å²) in [5, 5.41) is 12.3. The molecule has 0 saturated carbocycles. The molecule has 1 aromatic heterocycles. The van der Waals surface area contributed by atoms with Gasteiger partial charge in [0.1, 0.15) is 17.6 Å². The molecule has 0 fully saturated rings. The Kier molecular flexibility index (Phi) is 4.67. The molecule has 0 radical (unpaired) electrons. The maximum atomic E-state index is 14.3. The summed E-state index contributed by atoms with van der Waals surface area (Å²) in [6.45, 7) is 0.490. The highest BCUT2D eigenvalue weighted by Gasteiger charge is 2.16. The van der Waals surface area contributed by atoms with Gasteiger partial charge in [0.05, 0.1) is 31.6 Å². The van der Waals surface area contributed by atoms with E-state index in [-0.39, 0.29) is 64.4 Å². The Hall–Kier alpha value is -3.76. The maximum Gasteiger partial charge on any atom is 0.159 e. The normalized spacial score (nSPS) is 15.5. The number of rotatable bonds is 9. The first-order valence-electron chi connectivity index (χ1n) is 14.5. The van der Waals surface area contributed by atoms with E-state index in [1.807, 2.05) is 0 Å². The first kappa shape index (κ1) is 14.4. The molecule has 6 nitrogen and oxygen atoms in total. The summed E-state index contributed by atoms with van der Waals surface area (Å²) in [6, 6.07) is -0.968. The molecule has 33 heavy (non-hydrogen) atoms. The van der Waals surface area contributed by atoms with E-state index in [4.69, 9.17) is 17.1 Å². The molecule has 3 aromatic rings. The number of ketones is 1. The highest BCUT2D eigenvalue weighted by molar-refractivity contribution is 5.98. The van der Waals surface area contributed by atoms with Crippen LogP contribution in [0.4, 0.5) is 15.8 Å². The number of hydrogen-bond donors (Lipinski definition) is 1. The van der Waals surface area contributed by atoms with E-state index < -0.39 is 54.9 Å². The molecule has 3 rings (SSSR count). The number of aromatic nitrogens is 1. The number of carbonyl (C=O) groups excluding carboxylic acids is 1. The Morgan fingerprint density at radius 2 is 2.24 bits per heavy atom. The molecule has 2 aromatic carbocycles. The summed E-state index contributed by atoms with van der Waals surface area (Å²) in [5.41, 5.74) is -1.56. The summed E-state index contributed by atoms with van der Waals surface area (Å²) < 4.78 is 92.6. The van der Waals surface area contributed by atoms with E-state index in [1.165, 1.54) is 20.0 Å². The summed E-state index contributed by atoms with van der Waals surface area (Å²) in [5.74, 6) is -1.75. The lowest BCUT2D eigenvalue weighted by Gasteiger charge is -2.15. The van der Waals surface area contributed by atoms with Gasteiger partial charge in [0.2, 0.25) is 0 Å². The van der Waals surface area contributed by atoms with Crippen LogP contribution in [0, 0.1) is 24.1 Å². The number of nitrogens with one attached hydrogen (secondary N) is 1. The number of nitriles is 1. The van der Waals surface area contributed by atoms with E-state index in [2.05, 4.69) is 10.3 Å². The van der Waals surface area contributed by atoms with Crippen LogP contribution < -0.4 is 10.1 Å². The van der Waals surface area contributed by atoms with Crippen molar-refractivity contribution >= 4 is 28.1 Å². The van der Waals surface area contributed by atoms with Gasteiger partial charge in [-0.2, -0.15) is 5.26 Å². The minimum Gasteiger partial charge on any atom is -0.494 e. The molecule has 0 amide bonds. The van der Waals surface area contributed by atoms with Crippen molar-refractivity contribution in [3.8, 4) is 11.8 Å². The van der Waals surface area contributed by atoms with Crippen molar-refractivity contribution in [2.75, 3.05) is 32.5 Å². The molecule has 0 saturated heterocycles. The largest absolute Gasteiger partial charge is 0.494 e. The van der Waals surface area contributed by atoms with Crippen molar-refractivity contribution in [2.45, 2.75) is 20.3 Å². The predicted molar refractivity (Wildman–Crippen MR) is 128 cm³/mol.